The monoisotopic (exact) mass is 267 g/mol. The van der Waals surface area contributed by atoms with Gasteiger partial charge in [0.25, 0.3) is 0 Å². The molecule has 0 fully saturated rings. The smallest absolute Gasteiger partial charge is 0.0215 e. The molecule has 2 N–H and O–H groups in total. The van der Waals surface area contributed by atoms with E-state index >= 15 is 0 Å². The second-order valence-corrected chi connectivity index (χ2v) is 5.91. The minimum absolute atomic E-state index is 0.279. The second kappa shape index (κ2) is 3.91. The van der Waals surface area contributed by atoms with Gasteiger partial charge in [-0.2, -0.15) is 0 Å². The van der Waals surface area contributed by atoms with Crippen LogP contribution in [0.4, 0.5) is 0 Å². The van der Waals surface area contributed by atoms with Crippen molar-refractivity contribution < 1.29 is 0 Å². The molecule has 0 heterocycles. The SMILES string of the molecule is CC1(C)CCC(CN)c2cccc(Br)c21. The van der Waals surface area contributed by atoms with Crippen LogP contribution in [0.15, 0.2) is 22.7 Å². The summed E-state index contributed by atoms with van der Waals surface area (Å²) in [6, 6.07) is 6.49. The summed E-state index contributed by atoms with van der Waals surface area (Å²) in [4.78, 5) is 0. The van der Waals surface area contributed by atoms with E-state index in [1.54, 1.807) is 0 Å². The molecule has 0 bridgehead atoms. The topological polar surface area (TPSA) is 26.0 Å². The van der Waals surface area contributed by atoms with Gasteiger partial charge in [-0.1, -0.05) is 41.9 Å². The highest BCUT2D eigenvalue weighted by atomic mass is 79.9. The van der Waals surface area contributed by atoms with Crippen LogP contribution in [0.2, 0.25) is 0 Å². The molecule has 1 unspecified atom stereocenters. The van der Waals surface area contributed by atoms with Gasteiger partial charge >= 0.3 is 0 Å². The molecule has 15 heavy (non-hydrogen) atoms. The maximum atomic E-state index is 5.84. The normalized spacial score (nSPS) is 23.6. The first-order valence-corrected chi connectivity index (χ1v) is 6.34. The van der Waals surface area contributed by atoms with Crippen LogP contribution in [0.25, 0.3) is 0 Å². The van der Waals surface area contributed by atoms with E-state index in [-0.39, 0.29) is 5.41 Å². The Labute approximate surface area is 100 Å². The Morgan fingerprint density at radius 1 is 1.47 bits per heavy atom. The van der Waals surface area contributed by atoms with Crippen molar-refractivity contribution in [1.82, 2.24) is 0 Å². The van der Waals surface area contributed by atoms with Crippen molar-refractivity contribution in [3.8, 4) is 0 Å². The van der Waals surface area contributed by atoms with Crippen LogP contribution in [0.5, 0.6) is 0 Å². The molecule has 1 aromatic carbocycles. The van der Waals surface area contributed by atoms with E-state index in [2.05, 4.69) is 48.0 Å². The van der Waals surface area contributed by atoms with Gasteiger partial charge in [0.2, 0.25) is 0 Å². The third-order valence-electron chi connectivity index (χ3n) is 3.56. The first kappa shape index (κ1) is 11.2. The summed E-state index contributed by atoms with van der Waals surface area (Å²) in [5, 5.41) is 0. The number of hydrogen-bond acceptors (Lipinski definition) is 1. The molecule has 0 spiro atoms. The summed E-state index contributed by atoms with van der Waals surface area (Å²) in [6.07, 6.45) is 2.44. The van der Waals surface area contributed by atoms with Crippen molar-refractivity contribution in [2.75, 3.05) is 6.54 Å². The summed E-state index contributed by atoms with van der Waals surface area (Å²) in [7, 11) is 0. The van der Waals surface area contributed by atoms with Crippen LogP contribution in [-0.2, 0) is 5.41 Å². The highest BCUT2D eigenvalue weighted by molar-refractivity contribution is 9.10. The summed E-state index contributed by atoms with van der Waals surface area (Å²) >= 11 is 3.67. The van der Waals surface area contributed by atoms with Gasteiger partial charge in [0.15, 0.2) is 0 Å². The van der Waals surface area contributed by atoms with Crippen LogP contribution < -0.4 is 5.73 Å². The summed E-state index contributed by atoms with van der Waals surface area (Å²) < 4.78 is 1.24. The molecule has 0 aromatic heterocycles. The fourth-order valence-corrected chi connectivity index (χ4v) is 3.57. The van der Waals surface area contributed by atoms with E-state index in [4.69, 9.17) is 5.73 Å². The quantitative estimate of drug-likeness (QED) is 0.828. The van der Waals surface area contributed by atoms with E-state index in [0.29, 0.717) is 5.92 Å². The zero-order valence-electron chi connectivity index (χ0n) is 9.39. The molecule has 1 aromatic rings. The maximum absolute atomic E-state index is 5.84. The zero-order valence-corrected chi connectivity index (χ0v) is 11.0. The molecular formula is C13H18BrN. The first-order chi connectivity index (χ1) is 7.06. The highest BCUT2D eigenvalue weighted by Gasteiger charge is 2.33. The van der Waals surface area contributed by atoms with Crippen LogP contribution >= 0.6 is 15.9 Å². The number of hydrogen-bond donors (Lipinski definition) is 1. The van der Waals surface area contributed by atoms with Crippen molar-refractivity contribution in [2.24, 2.45) is 5.73 Å². The van der Waals surface area contributed by atoms with E-state index in [0.717, 1.165) is 6.54 Å². The lowest BCUT2D eigenvalue weighted by molar-refractivity contribution is 0.393. The van der Waals surface area contributed by atoms with Crippen LogP contribution in [-0.4, -0.2) is 6.54 Å². The number of nitrogens with two attached hydrogens (primary N) is 1. The molecule has 1 atom stereocenters. The third-order valence-corrected chi connectivity index (χ3v) is 4.23. The first-order valence-electron chi connectivity index (χ1n) is 5.55. The van der Waals surface area contributed by atoms with Crippen LogP contribution in [0, 0.1) is 0 Å². The predicted molar refractivity (Wildman–Crippen MR) is 68.2 cm³/mol. The molecule has 0 amide bonds. The maximum Gasteiger partial charge on any atom is 0.0215 e. The van der Waals surface area contributed by atoms with Crippen molar-refractivity contribution in [3.63, 3.8) is 0 Å². The fraction of sp³-hybridized carbons (Fsp3) is 0.538. The number of fused-ring (bicyclic) bond motifs is 1. The van der Waals surface area contributed by atoms with E-state index in [1.165, 1.54) is 28.4 Å². The molecule has 1 aliphatic carbocycles. The van der Waals surface area contributed by atoms with Gasteiger partial charge < -0.3 is 5.73 Å². The Bertz CT molecular complexity index is 371. The number of rotatable bonds is 1. The van der Waals surface area contributed by atoms with Crippen molar-refractivity contribution in [2.45, 2.75) is 38.0 Å². The number of benzene rings is 1. The lowest BCUT2D eigenvalue weighted by Crippen LogP contribution is -2.29. The third kappa shape index (κ3) is 1.85. The van der Waals surface area contributed by atoms with Gasteiger partial charge in [-0.05, 0) is 47.9 Å². The second-order valence-electron chi connectivity index (χ2n) is 5.06. The van der Waals surface area contributed by atoms with Crippen molar-refractivity contribution in [3.05, 3.63) is 33.8 Å². The Morgan fingerprint density at radius 2 is 2.20 bits per heavy atom. The van der Waals surface area contributed by atoms with Gasteiger partial charge in [0.05, 0.1) is 0 Å². The van der Waals surface area contributed by atoms with Gasteiger partial charge in [-0.3, -0.25) is 0 Å². The molecule has 82 valence electrons. The molecule has 0 radical (unpaired) electrons. The standard InChI is InChI=1S/C13H18BrN/c1-13(2)7-6-9(8-15)10-4-3-5-11(14)12(10)13/h3-5,9H,6-8,15H2,1-2H3. The molecule has 0 saturated heterocycles. The van der Waals surface area contributed by atoms with Gasteiger partial charge in [0, 0.05) is 4.47 Å². The summed E-state index contributed by atoms with van der Waals surface area (Å²) in [5.41, 5.74) is 9.03. The Balaban J connectivity index is 2.58. The number of halogens is 1. The van der Waals surface area contributed by atoms with Crippen LogP contribution in [0.3, 0.4) is 0 Å². The Hall–Kier alpha value is -0.340. The zero-order chi connectivity index (χ0) is 11.1. The van der Waals surface area contributed by atoms with E-state index in [9.17, 15) is 0 Å². The minimum Gasteiger partial charge on any atom is -0.330 e. The molecule has 1 nitrogen and oxygen atoms in total. The molecule has 0 aliphatic heterocycles. The average Bonchev–Trinajstić information content (AvgIpc) is 2.17. The van der Waals surface area contributed by atoms with E-state index in [1.807, 2.05) is 0 Å². The highest BCUT2D eigenvalue weighted by Crippen LogP contribution is 2.45. The summed E-state index contributed by atoms with van der Waals surface area (Å²) in [5.74, 6) is 0.547. The van der Waals surface area contributed by atoms with Gasteiger partial charge in [-0.15, -0.1) is 0 Å². The van der Waals surface area contributed by atoms with Crippen molar-refractivity contribution >= 4 is 15.9 Å². The molecule has 2 heteroatoms. The molecule has 0 saturated carbocycles. The predicted octanol–water partition coefficient (Wildman–Crippen LogP) is 3.56. The van der Waals surface area contributed by atoms with Gasteiger partial charge in [0.1, 0.15) is 0 Å². The van der Waals surface area contributed by atoms with Gasteiger partial charge in [-0.25, -0.2) is 0 Å². The van der Waals surface area contributed by atoms with Crippen LogP contribution in [0.1, 0.15) is 43.7 Å². The fourth-order valence-electron chi connectivity index (χ4n) is 2.66. The minimum atomic E-state index is 0.279. The molecular weight excluding hydrogens is 250 g/mol. The Kier molecular flexibility index (Phi) is 2.91. The largest absolute Gasteiger partial charge is 0.330 e. The van der Waals surface area contributed by atoms with Crippen molar-refractivity contribution in [1.29, 1.82) is 0 Å². The average molecular weight is 268 g/mol. The summed E-state index contributed by atoms with van der Waals surface area (Å²) in [6.45, 7) is 5.41. The Morgan fingerprint density at radius 3 is 2.87 bits per heavy atom. The van der Waals surface area contributed by atoms with E-state index < -0.39 is 0 Å². The lowest BCUT2D eigenvalue weighted by atomic mass is 9.69. The molecule has 2 rings (SSSR count). The molecule has 1 aliphatic rings. The lowest BCUT2D eigenvalue weighted by Gasteiger charge is -2.37.